The van der Waals surface area contributed by atoms with Crippen molar-refractivity contribution < 1.29 is 23.6 Å². The fourth-order valence-corrected chi connectivity index (χ4v) is 2.91. The van der Waals surface area contributed by atoms with E-state index in [1.54, 1.807) is 30.3 Å². The van der Waals surface area contributed by atoms with Crippen molar-refractivity contribution in [2.24, 2.45) is 5.10 Å². The molecule has 10 heteroatoms. The maximum atomic E-state index is 12.2. The summed E-state index contributed by atoms with van der Waals surface area (Å²) in [6.45, 7) is 0.123. The molecule has 1 aromatic heterocycles. The largest absolute Gasteiger partial charge is 0.455 e. The van der Waals surface area contributed by atoms with Crippen molar-refractivity contribution in [2.75, 3.05) is 6.79 Å². The van der Waals surface area contributed by atoms with Crippen molar-refractivity contribution in [3.8, 4) is 22.8 Å². The van der Waals surface area contributed by atoms with Gasteiger partial charge in [-0.1, -0.05) is 11.6 Å². The maximum absolute atomic E-state index is 12.2. The third-order valence-electron chi connectivity index (χ3n) is 4.05. The van der Waals surface area contributed by atoms with E-state index in [1.807, 2.05) is 0 Å². The Bertz CT molecular complexity index is 1140. The highest BCUT2D eigenvalue weighted by Crippen LogP contribution is 2.33. The average Bonchev–Trinajstić information content (AvgIpc) is 3.36. The Hall–Kier alpha value is -3.85. The van der Waals surface area contributed by atoms with Gasteiger partial charge >= 0.3 is 0 Å². The number of furan rings is 1. The molecule has 0 atom stereocenters. The van der Waals surface area contributed by atoms with Crippen LogP contribution in [0.15, 0.2) is 58.0 Å². The predicted molar refractivity (Wildman–Crippen MR) is 103 cm³/mol. The van der Waals surface area contributed by atoms with E-state index in [-0.39, 0.29) is 17.5 Å². The molecule has 3 aromatic rings. The van der Waals surface area contributed by atoms with Gasteiger partial charge in [-0.3, -0.25) is 14.9 Å². The summed E-state index contributed by atoms with van der Waals surface area (Å²) in [5, 5.41) is 14.8. The molecule has 146 valence electrons. The molecular formula is C19H12ClN3O6. The fraction of sp³-hybridized carbons (Fsp3) is 0.0526. The summed E-state index contributed by atoms with van der Waals surface area (Å²) >= 11 is 6.10. The van der Waals surface area contributed by atoms with Crippen molar-refractivity contribution >= 4 is 29.4 Å². The Morgan fingerprint density at radius 1 is 1.14 bits per heavy atom. The number of non-ortho nitro benzene ring substituents is 1. The highest BCUT2D eigenvalue weighted by Gasteiger charge is 2.16. The number of nitro benzene ring substituents is 1. The molecule has 0 aliphatic carbocycles. The lowest BCUT2D eigenvalue weighted by molar-refractivity contribution is -0.384. The SMILES string of the molecule is O=C(NN=Cc1ccc(-c2ccc([N+](=O)[O-])cc2Cl)o1)c1ccc2c(c1)OCO2. The van der Waals surface area contributed by atoms with Crippen molar-refractivity contribution in [3.05, 3.63) is 75.0 Å². The molecule has 4 rings (SSSR count). The van der Waals surface area contributed by atoms with Gasteiger partial charge in [0.1, 0.15) is 11.5 Å². The van der Waals surface area contributed by atoms with Crippen LogP contribution in [-0.2, 0) is 0 Å². The van der Waals surface area contributed by atoms with Crippen LogP contribution in [0.5, 0.6) is 11.5 Å². The van der Waals surface area contributed by atoms with Gasteiger partial charge in [-0.05, 0) is 36.4 Å². The summed E-state index contributed by atoms with van der Waals surface area (Å²) < 4.78 is 16.0. The zero-order chi connectivity index (χ0) is 20.4. The van der Waals surface area contributed by atoms with Crippen LogP contribution >= 0.6 is 11.6 Å². The molecule has 0 radical (unpaired) electrons. The molecule has 29 heavy (non-hydrogen) atoms. The first-order valence-corrected chi connectivity index (χ1v) is 8.66. The molecule has 0 fully saturated rings. The Labute approximate surface area is 168 Å². The standard InChI is InChI=1S/C19H12ClN3O6/c20-15-8-12(23(25)26)2-4-14(15)16-6-3-13(29-16)9-21-22-19(24)11-1-5-17-18(7-11)28-10-27-17/h1-9H,10H2,(H,22,24). The zero-order valence-corrected chi connectivity index (χ0v) is 15.4. The van der Waals surface area contributed by atoms with Crippen molar-refractivity contribution in [1.29, 1.82) is 0 Å². The smallest absolute Gasteiger partial charge is 0.271 e. The van der Waals surface area contributed by atoms with Crippen LogP contribution in [0.2, 0.25) is 5.02 Å². The van der Waals surface area contributed by atoms with Crippen LogP contribution in [0, 0.1) is 10.1 Å². The van der Waals surface area contributed by atoms with E-state index < -0.39 is 10.8 Å². The summed E-state index contributed by atoms with van der Waals surface area (Å²) in [7, 11) is 0. The van der Waals surface area contributed by atoms with Crippen molar-refractivity contribution in [3.63, 3.8) is 0 Å². The van der Waals surface area contributed by atoms with Gasteiger partial charge in [0.25, 0.3) is 11.6 Å². The number of carbonyl (C=O) groups excluding carboxylic acids is 1. The highest BCUT2D eigenvalue weighted by atomic mass is 35.5. The zero-order valence-electron chi connectivity index (χ0n) is 14.6. The highest BCUT2D eigenvalue weighted by molar-refractivity contribution is 6.33. The summed E-state index contributed by atoms with van der Waals surface area (Å²) in [5.74, 6) is 1.42. The first-order valence-electron chi connectivity index (χ1n) is 8.28. The molecular weight excluding hydrogens is 402 g/mol. The molecule has 0 bridgehead atoms. The van der Waals surface area contributed by atoms with E-state index in [9.17, 15) is 14.9 Å². The molecule has 0 saturated heterocycles. The van der Waals surface area contributed by atoms with Gasteiger partial charge in [0, 0.05) is 23.3 Å². The summed E-state index contributed by atoms with van der Waals surface area (Å²) in [5.41, 5.74) is 3.15. The minimum absolute atomic E-state index is 0.113. The number of fused-ring (bicyclic) bond motifs is 1. The molecule has 1 amide bonds. The predicted octanol–water partition coefficient (Wildman–Crippen LogP) is 4.00. The number of ether oxygens (including phenoxy) is 2. The quantitative estimate of drug-likeness (QED) is 0.384. The van der Waals surface area contributed by atoms with Crippen LogP contribution in [0.4, 0.5) is 5.69 Å². The summed E-state index contributed by atoms with van der Waals surface area (Å²) in [6, 6.07) is 12.2. The van der Waals surface area contributed by atoms with Crippen LogP contribution in [-0.4, -0.2) is 23.8 Å². The number of halogens is 1. The number of hydrazone groups is 1. The number of rotatable bonds is 5. The Morgan fingerprint density at radius 2 is 1.97 bits per heavy atom. The molecule has 0 unspecified atom stereocenters. The van der Waals surface area contributed by atoms with Gasteiger partial charge in [-0.2, -0.15) is 5.10 Å². The maximum Gasteiger partial charge on any atom is 0.271 e. The van der Waals surface area contributed by atoms with E-state index in [0.29, 0.717) is 34.1 Å². The van der Waals surface area contributed by atoms with Crippen LogP contribution in [0.1, 0.15) is 16.1 Å². The normalized spacial score (nSPS) is 12.3. The third kappa shape index (κ3) is 3.90. The average molecular weight is 414 g/mol. The lowest BCUT2D eigenvalue weighted by Gasteiger charge is -2.01. The van der Waals surface area contributed by atoms with Gasteiger partial charge in [0.05, 0.1) is 16.2 Å². The van der Waals surface area contributed by atoms with Crippen LogP contribution < -0.4 is 14.9 Å². The molecule has 2 heterocycles. The molecule has 0 saturated carbocycles. The number of amides is 1. The second-order valence-corrected chi connectivity index (χ2v) is 6.30. The number of benzene rings is 2. The van der Waals surface area contributed by atoms with Crippen molar-refractivity contribution in [1.82, 2.24) is 5.43 Å². The molecule has 1 aliphatic rings. The number of nitrogens with one attached hydrogen (secondary N) is 1. The van der Waals surface area contributed by atoms with E-state index in [1.165, 1.54) is 24.4 Å². The topological polar surface area (TPSA) is 116 Å². The van der Waals surface area contributed by atoms with Crippen molar-refractivity contribution in [2.45, 2.75) is 0 Å². The van der Waals surface area contributed by atoms with Gasteiger partial charge in [0.15, 0.2) is 11.5 Å². The van der Waals surface area contributed by atoms with Crippen LogP contribution in [0.25, 0.3) is 11.3 Å². The lowest BCUT2D eigenvalue weighted by atomic mass is 10.1. The third-order valence-corrected chi connectivity index (χ3v) is 4.36. The second kappa shape index (κ2) is 7.64. The summed E-state index contributed by atoms with van der Waals surface area (Å²) in [6.07, 6.45) is 1.33. The molecule has 2 aromatic carbocycles. The van der Waals surface area contributed by atoms with E-state index in [0.717, 1.165) is 0 Å². The number of hydrogen-bond donors (Lipinski definition) is 1. The lowest BCUT2D eigenvalue weighted by Crippen LogP contribution is -2.17. The fourth-order valence-electron chi connectivity index (χ4n) is 2.64. The Kier molecular flexibility index (Phi) is 4.88. The number of carbonyl (C=O) groups is 1. The number of hydrogen-bond acceptors (Lipinski definition) is 7. The Balaban J connectivity index is 1.43. The van der Waals surface area contributed by atoms with E-state index in [4.69, 9.17) is 25.5 Å². The number of nitro groups is 1. The van der Waals surface area contributed by atoms with E-state index >= 15 is 0 Å². The first kappa shape index (κ1) is 18.5. The molecule has 1 aliphatic heterocycles. The molecule has 1 N–H and O–H groups in total. The minimum Gasteiger partial charge on any atom is -0.455 e. The van der Waals surface area contributed by atoms with Gasteiger partial charge in [-0.15, -0.1) is 0 Å². The van der Waals surface area contributed by atoms with Gasteiger partial charge in [-0.25, -0.2) is 5.43 Å². The van der Waals surface area contributed by atoms with Gasteiger partial charge < -0.3 is 13.9 Å². The van der Waals surface area contributed by atoms with Gasteiger partial charge in [0.2, 0.25) is 6.79 Å². The van der Waals surface area contributed by atoms with E-state index in [2.05, 4.69) is 10.5 Å². The molecule has 9 nitrogen and oxygen atoms in total. The number of nitrogens with zero attached hydrogens (tertiary/aromatic N) is 2. The summed E-state index contributed by atoms with van der Waals surface area (Å²) in [4.78, 5) is 22.4. The second-order valence-electron chi connectivity index (χ2n) is 5.89. The van der Waals surface area contributed by atoms with Crippen LogP contribution in [0.3, 0.4) is 0 Å². The first-order chi connectivity index (χ1) is 14.0. The monoisotopic (exact) mass is 413 g/mol. The molecule has 0 spiro atoms. The Morgan fingerprint density at radius 3 is 2.76 bits per heavy atom. The minimum atomic E-state index is -0.529.